The first kappa shape index (κ1) is 18.6. The second-order valence-electron chi connectivity index (χ2n) is 7.30. The zero-order valence-corrected chi connectivity index (χ0v) is 15.9. The van der Waals surface area contributed by atoms with Crippen molar-refractivity contribution in [2.45, 2.75) is 44.9 Å². The van der Waals surface area contributed by atoms with Crippen molar-refractivity contribution in [2.75, 3.05) is 0 Å². The van der Waals surface area contributed by atoms with Gasteiger partial charge in [0.25, 0.3) is 0 Å². The summed E-state index contributed by atoms with van der Waals surface area (Å²) < 4.78 is 0. The molecule has 4 rings (SSSR count). The van der Waals surface area contributed by atoms with Crippen LogP contribution < -0.4 is 16.1 Å². The number of H-pyrrole nitrogens is 1. The first-order valence-electron chi connectivity index (χ1n) is 9.92. The van der Waals surface area contributed by atoms with Crippen LogP contribution in [0.25, 0.3) is 0 Å². The minimum atomic E-state index is 0.155. The maximum atomic E-state index is 12.0. The highest BCUT2D eigenvalue weighted by Gasteiger charge is 2.21. The summed E-state index contributed by atoms with van der Waals surface area (Å²) in [6.45, 7) is 2.38. The van der Waals surface area contributed by atoms with E-state index in [9.17, 15) is 4.79 Å². The van der Waals surface area contributed by atoms with E-state index in [1.165, 1.54) is 11.1 Å². The third-order valence-electron chi connectivity index (χ3n) is 5.30. The smallest absolute Gasteiger partial charge is 0.185 e. The molecule has 144 valence electrons. The number of hydrogen-bond acceptors (Lipinski definition) is 4. The highest BCUT2D eigenvalue weighted by atomic mass is 16.1. The van der Waals surface area contributed by atoms with E-state index >= 15 is 0 Å². The average Bonchev–Trinajstić information content (AvgIpc) is 2.74. The molecule has 0 amide bonds. The van der Waals surface area contributed by atoms with E-state index in [0.29, 0.717) is 0 Å². The number of pyridine rings is 2. The van der Waals surface area contributed by atoms with E-state index in [1.807, 2.05) is 24.4 Å². The van der Waals surface area contributed by atoms with Crippen LogP contribution in [0.3, 0.4) is 0 Å². The average molecular weight is 374 g/mol. The van der Waals surface area contributed by atoms with Crippen molar-refractivity contribution >= 4 is 0 Å². The summed E-state index contributed by atoms with van der Waals surface area (Å²) in [6.07, 6.45) is 6.57. The first-order chi connectivity index (χ1) is 13.8. The number of nitrogens with zero attached hydrogens (tertiary/aromatic N) is 1. The largest absolute Gasteiger partial charge is 0.363 e. The lowest BCUT2D eigenvalue weighted by molar-refractivity contribution is 0.446. The molecule has 0 radical (unpaired) electrons. The SMILES string of the molecule is O=c1cc[nH]c2c1CCCC2NCc1ccc(CNCc2ccccn2)cc1. The molecule has 0 spiro atoms. The van der Waals surface area contributed by atoms with Crippen LogP contribution in [0.2, 0.25) is 0 Å². The van der Waals surface area contributed by atoms with Crippen molar-refractivity contribution in [2.24, 2.45) is 0 Å². The summed E-state index contributed by atoms with van der Waals surface area (Å²) in [6, 6.07) is 16.5. The van der Waals surface area contributed by atoms with Gasteiger partial charge in [-0.2, -0.15) is 0 Å². The van der Waals surface area contributed by atoms with Crippen molar-refractivity contribution in [3.63, 3.8) is 0 Å². The van der Waals surface area contributed by atoms with Crippen LogP contribution in [-0.4, -0.2) is 9.97 Å². The molecular weight excluding hydrogens is 348 g/mol. The van der Waals surface area contributed by atoms with E-state index in [4.69, 9.17) is 0 Å². The Balaban J connectivity index is 1.30. The summed E-state index contributed by atoms with van der Waals surface area (Å²) in [5, 5.41) is 7.04. The maximum Gasteiger partial charge on any atom is 0.185 e. The first-order valence-corrected chi connectivity index (χ1v) is 9.92. The Bertz CT molecular complexity index is 950. The number of fused-ring (bicyclic) bond motifs is 1. The normalized spacial score (nSPS) is 15.9. The fourth-order valence-corrected chi connectivity index (χ4v) is 3.78. The molecule has 2 heterocycles. The molecule has 0 fully saturated rings. The molecule has 3 aromatic rings. The van der Waals surface area contributed by atoms with Crippen LogP contribution in [0.1, 0.15) is 47.0 Å². The van der Waals surface area contributed by atoms with Crippen molar-refractivity contribution in [3.8, 4) is 0 Å². The molecule has 28 heavy (non-hydrogen) atoms. The fraction of sp³-hybridized carbons (Fsp3) is 0.304. The van der Waals surface area contributed by atoms with E-state index in [0.717, 1.165) is 55.8 Å². The van der Waals surface area contributed by atoms with Crippen LogP contribution in [0, 0.1) is 0 Å². The van der Waals surface area contributed by atoms with E-state index in [1.54, 1.807) is 12.3 Å². The molecule has 5 nitrogen and oxygen atoms in total. The van der Waals surface area contributed by atoms with Gasteiger partial charge in [0.1, 0.15) is 0 Å². The van der Waals surface area contributed by atoms with E-state index in [2.05, 4.69) is 44.9 Å². The lowest BCUT2D eigenvalue weighted by atomic mass is 9.91. The Morgan fingerprint density at radius 3 is 2.61 bits per heavy atom. The maximum absolute atomic E-state index is 12.0. The minimum Gasteiger partial charge on any atom is -0.363 e. The number of aromatic amines is 1. The van der Waals surface area contributed by atoms with Crippen LogP contribution in [0.15, 0.2) is 65.7 Å². The molecule has 0 bridgehead atoms. The van der Waals surface area contributed by atoms with Gasteiger partial charge in [0.2, 0.25) is 0 Å². The van der Waals surface area contributed by atoms with Gasteiger partial charge in [-0.25, -0.2) is 0 Å². The summed E-state index contributed by atoms with van der Waals surface area (Å²) >= 11 is 0. The molecule has 2 aromatic heterocycles. The van der Waals surface area contributed by atoms with Gasteiger partial charge in [0.05, 0.1) is 5.69 Å². The number of hydrogen-bond donors (Lipinski definition) is 3. The predicted molar refractivity (Wildman–Crippen MR) is 111 cm³/mol. The van der Waals surface area contributed by atoms with Crippen LogP contribution in [0.5, 0.6) is 0 Å². The number of benzene rings is 1. The van der Waals surface area contributed by atoms with Gasteiger partial charge in [-0.1, -0.05) is 30.3 Å². The van der Waals surface area contributed by atoms with Crippen LogP contribution >= 0.6 is 0 Å². The molecule has 1 unspecified atom stereocenters. The number of rotatable bonds is 7. The molecule has 3 N–H and O–H groups in total. The van der Waals surface area contributed by atoms with E-state index < -0.39 is 0 Å². The van der Waals surface area contributed by atoms with Gasteiger partial charge in [-0.3, -0.25) is 9.78 Å². The lowest BCUT2D eigenvalue weighted by Gasteiger charge is -2.25. The van der Waals surface area contributed by atoms with Gasteiger partial charge in [-0.05, 0) is 42.5 Å². The Kier molecular flexibility index (Phi) is 5.95. The standard InChI is InChI=1S/C23H26N4O/c28-22-11-13-26-23-20(22)5-3-6-21(23)27-15-18-9-7-17(8-10-18)14-24-16-19-4-1-2-12-25-19/h1-2,4,7-13,21,24,27H,3,5-6,14-16H2,(H,26,28). The Labute approximate surface area is 165 Å². The Morgan fingerprint density at radius 2 is 1.82 bits per heavy atom. The summed E-state index contributed by atoms with van der Waals surface area (Å²) in [5.74, 6) is 0. The summed E-state index contributed by atoms with van der Waals surface area (Å²) in [5.41, 5.74) is 5.72. The zero-order valence-electron chi connectivity index (χ0n) is 15.9. The fourth-order valence-electron chi connectivity index (χ4n) is 3.78. The molecule has 1 atom stereocenters. The molecule has 0 saturated heterocycles. The molecule has 0 aliphatic heterocycles. The molecule has 1 aliphatic rings. The zero-order chi connectivity index (χ0) is 19.2. The van der Waals surface area contributed by atoms with Gasteiger partial charge in [0, 0.05) is 55.4 Å². The van der Waals surface area contributed by atoms with Crippen molar-refractivity contribution in [3.05, 3.63) is 99.2 Å². The van der Waals surface area contributed by atoms with Gasteiger partial charge in [-0.15, -0.1) is 0 Å². The highest BCUT2D eigenvalue weighted by Crippen LogP contribution is 2.26. The summed E-state index contributed by atoms with van der Waals surface area (Å²) in [4.78, 5) is 19.6. The topological polar surface area (TPSA) is 69.8 Å². The Hall–Kier alpha value is -2.76. The lowest BCUT2D eigenvalue weighted by Crippen LogP contribution is -2.29. The molecule has 0 saturated carbocycles. The molecule has 5 heteroatoms. The second-order valence-corrected chi connectivity index (χ2v) is 7.30. The highest BCUT2D eigenvalue weighted by molar-refractivity contribution is 5.27. The third kappa shape index (κ3) is 4.55. The van der Waals surface area contributed by atoms with Gasteiger partial charge in [0.15, 0.2) is 5.43 Å². The number of aromatic nitrogens is 2. The Morgan fingerprint density at radius 1 is 1.00 bits per heavy atom. The van der Waals surface area contributed by atoms with Crippen molar-refractivity contribution < 1.29 is 0 Å². The van der Waals surface area contributed by atoms with Crippen molar-refractivity contribution in [1.82, 2.24) is 20.6 Å². The third-order valence-corrected chi connectivity index (χ3v) is 5.30. The van der Waals surface area contributed by atoms with Crippen LogP contribution in [0.4, 0.5) is 0 Å². The van der Waals surface area contributed by atoms with Gasteiger partial charge < -0.3 is 15.6 Å². The molecular formula is C23H26N4O. The predicted octanol–water partition coefficient (Wildman–Crippen LogP) is 3.23. The number of nitrogens with one attached hydrogen (secondary N) is 3. The summed E-state index contributed by atoms with van der Waals surface area (Å²) in [7, 11) is 0. The molecule has 1 aliphatic carbocycles. The molecule has 1 aromatic carbocycles. The van der Waals surface area contributed by atoms with Gasteiger partial charge >= 0.3 is 0 Å². The van der Waals surface area contributed by atoms with Crippen LogP contribution in [-0.2, 0) is 26.1 Å². The quantitative estimate of drug-likeness (QED) is 0.594. The second kappa shape index (κ2) is 8.95. The minimum absolute atomic E-state index is 0.155. The van der Waals surface area contributed by atoms with Crippen molar-refractivity contribution in [1.29, 1.82) is 0 Å². The monoisotopic (exact) mass is 374 g/mol. The van der Waals surface area contributed by atoms with E-state index in [-0.39, 0.29) is 11.5 Å².